The third-order valence-electron chi connectivity index (χ3n) is 3.79. The van der Waals surface area contributed by atoms with Crippen molar-refractivity contribution in [3.8, 4) is 17.2 Å². The highest BCUT2D eigenvalue weighted by Gasteiger charge is 2.23. The van der Waals surface area contributed by atoms with E-state index in [1.807, 2.05) is 60.7 Å². The minimum atomic E-state index is -3.56. The quantitative estimate of drug-likeness (QED) is 0.776. The highest BCUT2D eigenvalue weighted by molar-refractivity contribution is 7.86. The SMILES string of the molecule is CN(CCC#N)S(=O)(=O)N(C)Cc1ccc(-c2ccccc2)cc1. The van der Waals surface area contributed by atoms with E-state index in [9.17, 15) is 8.42 Å². The first kappa shape index (κ1) is 18.1. The molecule has 126 valence electrons. The van der Waals surface area contributed by atoms with Gasteiger partial charge in [0, 0.05) is 33.6 Å². The van der Waals surface area contributed by atoms with Crippen LogP contribution in [0.5, 0.6) is 0 Å². The summed E-state index contributed by atoms with van der Waals surface area (Å²) < 4.78 is 27.2. The third-order valence-corrected chi connectivity index (χ3v) is 5.68. The maximum absolute atomic E-state index is 12.4. The van der Waals surface area contributed by atoms with Crippen molar-refractivity contribution in [2.45, 2.75) is 13.0 Å². The summed E-state index contributed by atoms with van der Waals surface area (Å²) in [5.41, 5.74) is 3.13. The van der Waals surface area contributed by atoms with Gasteiger partial charge in [-0.3, -0.25) is 0 Å². The minimum Gasteiger partial charge on any atom is -0.198 e. The standard InChI is InChI=1S/C18H21N3O2S/c1-20(14-6-13-19)24(22,23)21(2)15-16-9-11-18(12-10-16)17-7-4-3-5-8-17/h3-5,7-12H,6,14-15H2,1-2H3. The lowest BCUT2D eigenvalue weighted by Crippen LogP contribution is -2.39. The van der Waals surface area contributed by atoms with Gasteiger partial charge in [0.2, 0.25) is 0 Å². The van der Waals surface area contributed by atoms with Crippen LogP contribution in [0.2, 0.25) is 0 Å². The molecule has 0 radical (unpaired) electrons. The van der Waals surface area contributed by atoms with Crippen molar-refractivity contribution in [1.29, 1.82) is 5.26 Å². The van der Waals surface area contributed by atoms with Crippen LogP contribution in [-0.4, -0.2) is 37.7 Å². The summed E-state index contributed by atoms with van der Waals surface area (Å²) in [6.07, 6.45) is 0.176. The molecular weight excluding hydrogens is 322 g/mol. The van der Waals surface area contributed by atoms with E-state index >= 15 is 0 Å². The summed E-state index contributed by atoms with van der Waals surface area (Å²) in [5, 5.41) is 8.59. The Morgan fingerprint density at radius 2 is 1.50 bits per heavy atom. The van der Waals surface area contributed by atoms with Crippen molar-refractivity contribution in [2.75, 3.05) is 20.6 Å². The van der Waals surface area contributed by atoms with Crippen LogP contribution in [0.1, 0.15) is 12.0 Å². The molecule has 2 aromatic carbocycles. The predicted octanol–water partition coefficient (Wildman–Crippen LogP) is 2.88. The first-order chi connectivity index (χ1) is 11.4. The smallest absolute Gasteiger partial charge is 0.198 e. The molecule has 0 aliphatic carbocycles. The van der Waals surface area contributed by atoms with E-state index < -0.39 is 10.2 Å². The van der Waals surface area contributed by atoms with E-state index in [0.717, 1.165) is 16.7 Å². The van der Waals surface area contributed by atoms with Crippen LogP contribution in [0.15, 0.2) is 54.6 Å². The van der Waals surface area contributed by atoms with Gasteiger partial charge in [0.15, 0.2) is 0 Å². The molecule has 0 saturated carbocycles. The lowest BCUT2D eigenvalue weighted by Gasteiger charge is -2.23. The maximum Gasteiger partial charge on any atom is 0.281 e. The number of nitriles is 1. The van der Waals surface area contributed by atoms with Crippen LogP contribution in [0.3, 0.4) is 0 Å². The Labute approximate surface area is 143 Å². The van der Waals surface area contributed by atoms with Crippen LogP contribution >= 0.6 is 0 Å². The molecular formula is C18H21N3O2S. The van der Waals surface area contributed by atoms with E-state index in [0.29, 0.717) is 0 Å². The molecule has 0 aliphatic rings. The average molecular weight is 343 g/mol. The van der Waals surface area contributed by atoms with Gasteiger partial charge in [0.25, 0.3) is 10.2 Å². The number of rotatable bonds is 7. The topological polar surface area (TPSA) is 64.4 Å². The maximum atomic E-state index is 12.4. The van der Waals surface area contributed by atoms with Crippen molar-refractivity contribution < 1.29 is 8.42 Å². The van der Waals surface area contributed by atoms with E-state index in [1.165, 1.54) is 15.7 Å². The van der Waals surface area contributed by atoms with E-state index in [-0.39, 0.29) is 19.5 Å². The fraction of sp³-hybridized carbons (Fsp3) is 0.278. The molecule has 0 aromatic heterocycles. The van der Waals surface area contributed by atoms with Crippen LogP contribution in [-0.2, 0) is 16.8 Å². The van der Waals surface area contributed by atoms with E-state index in [1.54, 1.807) is 7.05 Å². The molecule has 0 spiro atoms. The first-order valence-corrected chi connectivity index (χ1v) is 9.04. The first-order valence-electron chi connectivity index (χ1n) is 7.64. The lowest BCUT2D eigenvalue weighted by molar-refractivity contribution is 0.392. The van der Waals surface area contributed by atoms with Gasteiger partial charge in [-0.2, -0.15) is 22.3 Å². The molecule has 24 heavy (non-hydrogen) atoms. The zero-order chi connectivity index (χ0) is 17.6. The van der Waals surface area contributed by atoms with Crippen molar-refractivity contribution >= 4 is 10.2 Å². The normalized spacial score (nSPS) is 11.6. The van der Waals surface area contributed by atoms with Crippen molar-refractivity contribution in [2.24, 2.45) is 0 Å². The zero-order valence-electron chi connectivity index (χ0n) is 13.9. The minimum absolute atomic E-state index is 0.176. The van der Waals surface area contributed by atoms with Crippen LogP contribution in [0, 0.1) is 11.3 Å². The molecule has 0 bridgehead atoms. The molecule has 0 N–H and O–H groups in total. The molecule has 0 saturated heterocycles. The van der Waals surface area contributed by atoms with Crippen LogP contribution < -0.4 is 0 Å². The summed E-state index contributed by atoms with van der Waals surface area (Å²) in [4.78, 5) is 0. The second-order valence-corrected chi connectivity index (χ2v) is 7.70. The summed E-state index contributed by atoms with van der Waals surface area (Å²) in [6, 6.07) is 19.8. The fourth-order valence-corrected chi connectivity index (χ4v) is 3.44. The molecule has 0 fully saturated rings. The van der Waals surface area contributed by atoms with Gasteiger partial charge in [0.05, 0.1) is 6.07 Å². The monoisotopic (exact) mass is 343 g/mol. The number of nitrogens with zero attached hydrogens (tertiary/aromatic N) is 3. The van der Waals surface area contributed by atoms with Crippen LogP contribution in [0.4, 0.5) is 0 Å². The highest BCUT2D eigenvalue weighted by atomic mass is 32.2. The van der Waals surface area contributed by atoms with Gasteiger partial charge < -0.3 is 0 Å². The largest absolute Gasteiger partial charge is 0.281 e. The zero-order valence-corrected chi connectivity index (χ0v) is 14.7. The predicted molar refractivity (Wildman–Crippen MR) is 95.1 cm³/mol. The molecule has 0 heterocycles. The van der Waals surface area contributed by atoms with Gasteiger partial charge >= 0.3 is 0 Å². The highest BCUT2D eigenvalue weighted by Crippen LogP contribution is 2.20. The van der Waals surface area contributed by atoms with E-state index in [2.05, 4.69) is 0 Å². The molecule has 0 atom stereocenters. The fourth-order valence-electron chi connectivity index (χ4n) is 2.33. The number of hydrogen-bond acceptors (Lipinski definition) is 3. The molecule has 6 heteroatoms. The van der Waals surface area contributed by atoms with Gasteiger partial charge in [-0.1, -0.05) is 54.6 Å². The summed E-state index contributed by atoms with van der Waals surface area (Å²) >= 11 is 0. The molecule has 0 amide bonds. The molecule has 2 aromatic rings. The lowest BCUT2D eigenvalue weighted by atomic mass is 10.0. The second kappa shape index (κ2) is 8.06. The van der Waals surface area contributed by atoms with Gasteiger partial charge in [-0.15, -0.1) is 0 Å². The number of hydrogen-bond donors (Lipinski definition) is 0. The Bertz CT molecular complexity index is 796. The summed E-state index contributed by atoms with van der Waals surface area (Å²) in [7, 11) is -0.523. The molecule has 0 unspecified atom stereocenters. The average Bonchev–Trinajstić information content (AvgIpc) is 2.60. The Hall–Kier alpha value is -2.20. The Kier molecular flexibility index (Phi) is 6.10. The van der Waals surface area contributed by atoms with Gasteiger partial charge in [-0.25, -0.2) is 0 Å². The van der Waals surface area contributed by atoms with Crippen LogP contribution in [0.25, 0.3) is 11.1 Å². The number of benzene rings is 2. The van der Waals surface area contributed by atoms with Gasteiger partial charge in [-0.05, 0) is 16.7 Å². The summed E-state index contributed by atoms with van der Waals surface area (Å²) in [5.74, 6) is 0. The Morgan fingerprint density at radius 1 is 0.917 bits per heavy atom. The summed E-state index contributed by atoms with van der Waals surface area (Å²) in [6.45, 7) is 0.477. The third kappa shape index (κ3) is 4.42. The van der Waals surface area contributed by atoms with E-state index in [4.69, 9.17) is 5.26 Å². The Morgan fingerprint density at radius 3 is 2.08 bits per heavy atom. The van der Waals surface area contributed by atoms with Crippen molar-refractivity contribution in [1.82, 2.24) is 8.61 Å². The van der Waals surface area contributed by atoms with Gasteiger partial charge in [0.1, 0.15) is 0 Å². The molecule has 2 rings (SSSR count). The van der Waals surface area contributed by atoms with Crippen molar-refractivity contribution in [3.05, 3.63) is 60.2 Å². The molecule has 5 nitrogen and oxygen atoms in total. The second-order valence-electron chi connectivity index (χ2n) is 5.56. The van der Waals surface area contributed by atoms with Crippen molar-refractivity contribution in [3.63, 3.8) is 0 Å². The Balaban J connectivity index is 2.07. The molecule has 0 aliphatic heterocycles.